The van der Waals surface area contributed by atoms with Crippen molar-refractivity contribution in [2.75, 3.05) is 0 Å². The van der Waals surface area contributed by atoms with Crippen LogP contribution >= 0.6 is 0 Å². The van der Waals surface area contributed by atoms with Gasteiger partial charge in [-0.15, -0.1) is 0 Å². The molecule has 0 saturated heterocycles. The Balaban J connectivity index is 2.44. The highest BCUT2D eigenvalue weighted by Gasteiger charge is 2.16. The number of pyridine rings is 1. The molecule has 0 atom stereocenters. The van der Waals surface area contributed by atoms with Gasteiger partial charge in [-0.2, -0.15) is 0 Å². The molecule has 0 aliphatic carbocycles. The summed E-state index contributed by atoms with van der Waals surface area (Å²) < 4.78 is 5.65. The summed E-state index contributed by atoms with van der Waals surface area (Å²) in [5.41, 5.74) is 7.82. The second kappa shape index (κ2) is 5.71. The van der Waals surface area contributed by atoms with Gasteiger partial charge in [0.1, 0.15) is 11.3 Å². The van der Waals surface area contributed by atoms with Gasteiger partial charge >= 0.3 is 0 Å². The van der Waals surface area contributed by atoms with Crippen molar-refractivity contribution >= 4 is 5.91 Å². The molecule has 0 unspecified atom stereocenters. The second-order valence-electron chi connectivity index (χ2n) is 4.53. The third-order valence-electron chi connectivity index (χ3n) is 2.85. The summed E-state index contributed by atoms with van der Waals surface area (Å²) in [7, 11) is 0. The SMILES string of the molecule is Cc1cc(C)c(C(N)=O)c(Oc2cccc(CO)c2)n1. The van der Waals surface area contributed by atoms with E-state index in [-0.39, 0.29) is 18.1 Å². The van der Waals surface area contributed by atoms with Gasteiger partial charge in [0.05, 0.1) is 6.61 Å². The van der Waals surface area contributed by atoms with Gasteiger partial charge in [0.2, 0.25) is 5.88 Å². The van der Waals surface area contributed by atoms with Crippen LogP contribution in [0.5, 0.6) is 11.6 Å². The minimum absolute atomic E-state index is 0.0832. The predicted octanol–water partition coefficient (Wildman–Crippen LogP) is 2.08. The maximum atomic E-state index is 11.5. The zero-order valence-corrected chi connectivity index (χ0v) is 11.4. The van der Waals surface area contributed by atoms with Crippen LogP contribution in [-0.4, -0.2) is 16.0 Å². The van der Waals surface area contributed by atoms with E-state index in [0.717, 1.165) is 11.3 Å². The number of benzene rings is 1. The Morgan fingerprint density at radius 2 is 2.10 bits per heavy atom. The highest BCUT2D eigenvalue weighted by Crippen LogP contribution is 2.26. The monoisotopic (exact) mass is 272 g/mol. The lowest BCUT2D eigenvalue weighted by Crippen LogP contribution is -2.15. The van der Waals surface area contributed by atoms with E-state index < -0.39 is 5.91 Å². The topological polar surface area (TPSA) is 85.4 Å². The number of hydrogen-bond donors (Lipinski definition) is 2. The van der Waals surface area contributed by atoms with E-state index in [1.165, 1.54) is 0 Å². The number of primary amides is 1. The molecular weight excluding hydrogens is 256 g/mol. The fraction of sp³-hybridized carbons (Fsp3) is 0.200. The summed E-state index contributed by atoms with van der Waals surface area (Å²) in [5.74, 6) is 0.102. The highest BCUT2D eigenvalue weighted by atomic mass is 16.5. The molecule has 104 valence electrons. The number of nitrogens with two attached hydrogens (primary N) is 1. The maximum Gasteiger partial charge on any atom is 0.254 e. The number of rotatable bonds is 4. The lowest BCUT2D eigenvalue weighted by Gasteiger charge is -2.12. The molecule has 0 aliphatic rings. The number of amides is 1. The Kier molecular flexibility index (Phi) is 4.00. The van der Waals surface area contributed by atoms with Crippen LogP contribution in [0.2, 0.25) is 0 Å². The summed E-state index contributed by atoms with van der Waals surface area (Å²) >= 11 is 0. The quantitative estimate of drug-likeness (QED) is 0.892. The van der Waals surface area contributed by atoms with Crippen molar-refractivity contribution in [1.29, 1.82) is 0 Å². The molecule has 2 rings (SSSR count). The Morgan fingerprint density at radius 1 is 1.35 bits per heavy atom. The summed E-state index contributed by atoms with van der Waals surface area (Å²) in [4.78, 5) is 15.7. The van der Waals surface area contributed by atoms with Gasteiger partial charge < -0.3 is 15.6 Å². The average molecular weight is 272 g/mol. The molecular formula is C15H16N2O3. The van der Waals surface area contributed by atoms with E-state index >= 15 is 0 Å². The lowest BCUT2D eigenvalue weighted by molar-refractivity contribution is 0.0997. The normalized spacial score (nSPS) is 10.3. The molecule has 5 heteroatoms. The molecule has 0 saturated carbocycles. The van der Waals surface area contributed by atoms with Crippen molar-refractivity contribution in [1.82, 2.24) is 4.98 Å². The van der Waals surface area contributed by atoms with E-state index in [1.54, 1.807) is 37.3 Å². The molecule has 20 heavy (non-hydrogen) atoms. The molecule has 0 bridgehead atoms. The van der Waals surface area contributed by atoms with Crippen LogP contribution in [0.1, 0.15) is 27.2 Å². The average Bonchev–Trinajstić information content (AvgIpc) is 2.37. The summed E-state index contributed by atoms with van der Waals surface area (Å²) in [6, 6.07) is 8.72. The number of aromatic nitrogens is 1. The van der Waals surface area contributed by atoms with Gasteiger partial charge in [-0.05, 0) is 43.2 Å². The molecule has 1 heterocycles. The first-order chi connectivity index (χ1) is 9.51. The second-order valence-corrected chi connectivity index (χ2v) is 4.53. The number of carbonyl (C=O) groups excluding carboxylic acids is 1. The number of ether oxygens (including phenoxy) is 1. The van der Waals surface area contributed by atoms with Crippen molar-refractivity contribution in [2.45, 2.75) is 20.5 Å². The maximum absolute atomic E-state index is 11.5. The molecule has 3 N–H and O–H groups in total. The van der Waals surface area contributed by atoms with E-state index in [0.29, 0.717) is 11.3 Å². The van der Waals surface area contributed by atoms with Crippen LogP contribution in [0, 0.1) is 13.8 Å². The molecule has 2 aromatic rings. The Morgan fingerprint density at radius 3 is 2.75 bits per heavy atom. The largest absolute Gasteiger partial charge is 0.438 e. The first-order valence-electron chi connectivity index (χ1n) is 6.17. The number of aliphatic hydroxyl groups is 1. The van der Waals surface area contributed by atoms with Gasteiger partial charge in [-0.25, -0.2) is 4.98 Å². The van der Waals surface area contributed by atoms with Gasteiger partial charge in [0.15, 0.2) is 0 Å². The third-order valence-corrected chi connectivity index (χ3v) is 2.85. The molecule has 0 radical (unpaired) electrons. The first kappa shape index (κ1) is 14.0. The van der Waals surface area contributed by atoms with Gasteiger partial charge in [-0.1, -0.05) is 12.1 Å². The first-order valence-corrected chi connectivity index (χ1v) is 6.17. The highest BCUT2D eigenvalue weighted by molar-refractivity contribution is 5.96. The smallest absolute Gasteiger partial charge is 0.254 e. The van der Waals surface area contributed by atoms with Crippen LogP contribution in [0.15, 0.2) is 30.3 Å². The van der Waals surface area contributed by atoms with Gasteiger partial charge in [0, 0.05) is 5.69 Å². The fourth-order valence-corrected chi connectivity index (χ4v) is 2.00. The number of hydrogen-bond acceptors (Lipinski definition) is 4. The molecule has 1 amide bonds. The third kappa shape index (κ3) is 2.95. The number of carbonyl (C=O) groups is 1. The summed E-state index contributed by atoms with van der Waals surface area (Å²) in [5, 5.41) is 9.11. The van der Waals surface area contributed by atoms with E-state index in [9.17, 15) is 4.79 Å². The van der Waals surface area contributed by atoms with Crippen molar-refractivity contribution in [3.8, 4) is 11.6 Å². The molecule has 5 nitrogen and oxygen atoms in total. The van der Waals surface area contributed by atoms with E-state index in [2.05, 4.69) is 4.98 Å². The standard InChI is InChI=1S/C15H16N2O3/c1-9-6-10(2)17-15(13(9)14(16)19)20-12-5-3-4-11(7-12)8-18/h3-7,18H,8H2,1-2H3,(H2,16,19). The van der Waals surface area contributed by atoms with Crippen LogP contribution < -0.4 is 10.5 Å². The van der Waals surface area contributed by atoms with Crippen molar-refractivity contribution < 1.29 is 14.6 Å². The van der Waals surface area contributed by atoms with Crippen molar-refractivity contribution in [3.05, 3.63) is 52.7 Å². The summed E-state index contributed by atoms with van der Waals surface area (Å²) in [6.45, 7) is 3.51. The zero-order chi connectivity index (χ0) is 14.7. The number of nitrogens with zero attached hydrogens (tertiary/aromatic N) is 1. The van der Waals surface area contributed by atoms with Crippen LogP contribution in [0.4, 0.5) is 0 Å². The van der Waals surface area contributed by atoms with Crippen molar-refractivity contribution in [2.24, 2.45) is 5.73 Å². The lowest BCUT2D eigenvalue weighted by atomic mass is 10.1. The minimum atomic E-state index is -0.580. The van der Waals surface area contributed by atoms with Gasteiger partial charge in [0.25, 0.3) is 5.91 Å². The molecule has 0 spiro atoms. The van der Waals surface area contributed by atoms with Crippen LogP contribution in [0.25, 0.3) is 0 Å². The van der Waals surface area contributed by atoms with Crippen molar-refractivity contribution in [3.63, 3.8) is 0 Å². The predicted molar refractivity (Wildman–Crippen MR) is 74.7 cm³/mol. The minimum Gasteiger partial charge on any atom is -0.438 e. The van der Waals surface area contributed by atoms with Gasteiger partial charge in [-0.3, -0.25) is 4.79 Å². The molecule has 1 aromatic carbocycles. The molecule has 1 aromatic heterocycles. The zero-order valence-electron chi connectivity index (χ0n) is 11.4. The number of aliphatic hydroxyl groups excluding tert-OH is 1. The molecule has 0 fully saturated rings. The molecule has 0 aliphatic heterocycles. The fourth-order valence-electron chi connectivity index (χ4n) is 2.00. The Hall–Kier alpha value is -2.40. The van der Waals surface area contributed by atoms with E-state index in [4.69, 9.17) is 15.6 Å². The van der Waals surface area contributed by atoms with Crippen LogP contribution in [-0.2, 0) is 6.61 Å². The Labute approximate surface area is 117 Å². The Bertz CT molecular complexity index is 654. The number of aryl methyl sites for hydroxylation is 2. The van der Waals surface area contributed by atoms with E-state index in [1.807, 2.05) is 6.92 Å². The summed E-state index contributed by atoms with van der Waals surface area (Å²) in [6.07, 6.45) is 0. The van der Waals surface area contributed by atoms with Crippen LogP contribution in [0.3, 0.4) is 0 Å².